The van der Waals surface area contributed by atoms with Crippen LogP contribution in [0.5, 0.6) is 0 Å². The van der Waals surface area contributed by atoms with Crippen LogP contribution in [0.2, 0.25) is 0 Å². The van der Waals surface area contributed by atoms with Gasteiger partial charge in [-0.05, 0) is 6.08 Å². The monoisotopic (exact) mass is 178 g/mol. The molecule has 1 atom stereocenters. The molecule has 0 saturated heterocycles. The number of alkyl halides is 3. The number of dihydropyridines is 1. The van der Waals surface area contributed by atoms with Gasteiger partial charge in [-0.15, -0.1) is 0 Å². The number of nitrogens with zero attached hydrogens (tertiary/aromatic N) is 1. The third-order valence-electron chi connectivity index (χ3n) is 1.32. The van der Waals surface area contributed by atoms with Crippen molar-refractivity contribution in [1.29, 1.82) is 0 Å². The van der Waals surface area contributed by atoms with Gasteiger partial charge in [-0.3, -0.25) is 4.79 Å². The molecule has 1 aliphatic heterocycles. The summed E-state index contributed by atoms with van der Waals surface area (Å²) < 4.78 is 35.9. The van der Waals surface area contributed by atoms with Crippen LogP contribution < -0.4 is 5.73 Å². The minimum Gasteiger partial charge on any atom is -0.398 e. The first-order valence-corrected chi connectivity index (χ1v) is 3.03. The van der Waals surface area contributed by atoms with Crippen LogP contribution in [0.15, 0.2) is 16.8 Å². The Hall–Kier alpha value is -1.33. The number of aliphatic imine (C=N–C) groups is 1. The van der Waals surface area contributed by atoms with E-state index < -0.39 is 18.0 Å². The molecule has 0 saturated carbocycles. The number of carbonyl (C=O) groups excluding carboxylic acids is 1. The molecule has 1 amide bonds. The highest BCUT2D eigenvalue weighted by Crippen LogP contribution is 2.29. The fourth-order valence-corrected chi connectivity index (χ4v) is 0.760. The number of amides is 1. The van der Waals surface area contributed by atoms with Gasteiger partial charge >= 0.3 is 6.18 Å². The predicted octanol–water partition coefficient (Wildman–Crippen LogP) is 0.619. The van der Waals surface area contributed by atoms with Crippen molar-refractivity contribution >= 4 is 12.1 Å². The van der Waals surface area contributed by atoms with E-state index in [1.54, 1.807) is 0 Å². The summed E-state index contributed by atoms with van der Waals surface area (Å²) in [4.78, 5) is 13.6. The summed E-state index contributed by atoms with van der Waals surface area (Å²) in [6, 6.07) is 0. The molecule has 2 N–H and O–H groups in total. The first kappa shape index (κ1) is 8.76. The molecule has 1 unspecified atom stereocenters. The normalized spacial score (nSPS) is 24.1. The van der Waals surface area contributed by atoms with Crippen molar-refractivity contribution in [2.24, 2.45) is 16.6 Å². The van der Waals surface area contributed by atoms with Gasteiger partial charge in [0, 0.05) is 5.70 Å². The Balaban J connectivity index is 2.93. The van der Waals surface area contributed by atoms with E-state index in [0.29, 0.717) is 6.08 Å². The summed E-state index contributed by atoms with van der Waals surface area (Å²) in [5.74, 6) is -3.40. The lowest BCUT2D eigenvalue weighted by Crippen LogP contribution is -2.31. The SMILES string of the molecule is NC1=CC(C(F)(F)F)C(=O)N=C1. The van der Waals surface area contributed by atoms with Gasteiger partial charge in [-0.25, -0.2) is 4.99 Å². The smallest absolute Gasteiger partial charge is 0.398 e. The maximum Gasteiger partial charge on any atom is 0.404 e. The molecule has 0 aromatic rings. The zero-order chi connectivity index (χ0) is 9.35. The van der Waals surface area contributed by atoms with Gasteiger partial charge in [-0.1, -0.05) is 0 Å². The van der Waals surface area contributed by atoms with Crippen molar-refractivity contribution < 1.29 is 18.0 Å². The van der Waals surface area contributed by atoms with E-state index in [4.69, 9.17) is 5.73 Å². The number of carbonyl (C=O) groups is 1. The Bertz CT molecular complexity index is 266. The highest BCUT2D eigenvalue weighted by molar-refractivity contribution is 5.97. The Morgan fingerprint density at radius 3 is 2.50 bits per heavy atom. The third kappa shape index (κ3) is 1.63. The van der Waals surface area contributed by atoms with Gasteiger partial charge in [0.2, 0.25) is 0 Å². The van der Waals surface area contributed by atoms with Gasteiger partial charge in [0.15, 0.2) is 5.92 Å². The fraction of sp³-hybridized carbons (Fsp3) is 0.333. The van der Waals surface area contributed by atoms with Gasteiger partial charge in [0.25, 0.3) is 5.91 Å². The second kappa shape index (κ2) is 2.62. The molecule has 0 aromatic heterocycles. The summed E-state index contributed by atoms with van der Waals surface area (Å²) in [5, 5.41) is 0. The van der Waals surface area contributed by atoms with Crippen molar-refractivity contribution in [1.82, 2.24) is 0 Å². The first-order chi connectivity index (χ1) is 5.41. The molecule has 1 aliphatic rings. The van der Waals surface area contributed by atoms with E-state index in [0.717, 1.165) is 6.21 Å². The summed E-state index contributed by atoms with van der Waals surface area (Å²) >= 11 is 0. The van der Waals surface area contributed by atoms with Crippen molar-refractivity contribution in [3.05, 3.63) is 11.8 Å². The highest BCUT2D eigenvalue weighted by atomic mass is 19.4. The molecule has 6 heteroatoms. The van der Waals surface area contributed by atoms with Gasteiger partial charge < -0.3 is 5.73 Å². The largest absolute Gasteiger partial charge is 0.404 e. The molecule has 12 heavy (non-hydrogen) atoms. The second-order valence-corrected chi connectivity index (χ2v) is 2.28. The topological polar surface area (TPSA) is 55.5 Å². The standard InChI is InChI=1S/C6H5F3N2O/c7-6(8,9)4-1-3(10)2-11-5(4)12/h1-2,4H,10H2. The molecule has 0 aliphatic carbocycles. The average Bonchev–Trinajstić information content (AvgIpc) is 1.92. The molecule has 3 nitrogen and oxygen atoms in total. The first-order valence-electron chi connectivity index (χ1n) is 3.03. The zero-order valence-corrected chi connectivity index (χ0v) is 5.80. The van der Waals surface area contributed by atoms with Crippen LogP contribution in [-0.4, -0.2) is 18.3 Å². The number of nitrogens with two attached hydrogens (primary N) is 1. The Kier molecular flexibility index (Phi) is 1.91. The third-order valence-corrected chi connectivity index (χ3v) is 1.32. The van der Waals surface area contributed by atoms with Gasteiger partial charge in [0.1, 0.15) is 0 Å². The van der Waals surface area contributed by atoms with Crippen LogP contribution in [0.1, 0.15) is 0 Å². The molecular weight excluding hydrogens is 173 g/mol. The molecule has 0 bridgehead atoms. The minimum atomic E-state index is -4.60. The lowest BCUT2D eigenvalue weighted by molar-refractivity contribution is -0.170. The average molecular weight is 178 g/mol. The van der Waals surface area contributed by atoms with E-state index >= 15 is 0 Å². The van der Waals surface area contributed by atoms with E-state index in [9.17, 15) is 18.0 Å². The van der Waals surface area contributed by atoms with Crippen molar-refractivity contribution in [2.75, 3.05) is 0 Å². The number of halogens is 3. The summed E-state index contributed by atoms with van der Waals surface area (Å²) in [6.45, 7) is 0. The number of hydrogen-bond acceptors (Lipinski definition) is 2. The maximum atomic E-state index is 12.0. The fourth-order valence-electron chi connectivity index (χ4n) is 0.760. The van der Waals surface area contributed by atoms with Crippen LogP contribution >= 0.6 is 0 Å². The minimum absolute atomic E-state index is 0.142. The van der Waals surface area contributed by atoms with Crippen LogP contribution in [0, 0.1) is 5.92 Å². The lowest BCUT2D eigenvalue weighted by atomic mass is 10.1. The van der Waals surface area contributed by atoms with E-state index in [1.807, 2.05) is 0 Å². The van der Waals surface area contributed by atoms with Crippen LogP contribution in [0.3, 0.4) is 0 Å². The maximum absolute atomic E-state index is 12.0. The number of rotatable bonds is 0. The number of allylic oxidation sites excluding steroid dienone is 1. The van der Waals surface area contributed by atoms with E-state index in [-0.39, 0.29) is 5.70 Å². The highest BCUT2D eigenvalue weighted by Gasteiger charge is 2.44. The van der Waals surface area contributed by atoms with Crippen LogP contribution in [-0.2, 0) is 4.79 Å². The van der Waals surface area contributed by atoms with Crippen LogP contribution in [0.4, 0.5) is 13.2 Å². The quantitative estimate of drug-likeness (QED) is 0.591. The Labute approximate surface area is 65.8 Å². The zero-order valence-electron chi connectivity index (χ0n) is 5.80. The van der Waals surface area contributed by atoms with Crippen molar-refractivity contribution in [3.8, 4) is 0 Å². The second-order valence-electron chi connectivity index (χ2n) is 2.28. The van der Waals surface area contributed by atoms with Crippen molar-refractivity contribution in [3.63, 3.8) is 0 Å². The van der Waals surface area contributed by atoms with E-state index in [2.05, 4.69) is 4.99 Å². The molecule has 1 heterocycles. The lowest BCUT2D eigenvalue weighted by Gasteiger charge is -2.15. The Morgan fingerprint density at radius 1 is 1.50 bits per heavy atom. The molecule has 66 valence electrons. The molecule has 0 aromatic carbocycles. The van der Waals surface area contributed by atoms with Gasteiger partial charge in [0.05, 0.1) is 6.21 Å². The molecule has 1 rings (SSSR count). The summed E-state index contributed by atoms with van der Waals surface area (Å²) in [7, 11) is 0. The number of hydrogen-bond donors (Lipinski definition) is 1. The van der Waals surface area contributed by atoms with Gasteiger partial charge in [-0.2, -0.15) is 13.2 Å². The Morgan fingerprint density at radius 2 is 2.08 bits per heavy atom. The molecule has 0 spiro atoms. The van der Waals surface area contributed by atoms with E-state index in [1.165, 1.54) is 0 Å². The summed E-state index contributed by atoms with van der Waals surface area (Å²) in [6.07, 6.45) is -3.04. The molecule has 0 fully saturated rings. The van der Waals surface area contributed by atoms with Crippen molar-refractivity contribution in [2.45, 2.75) is 6.18 Å². The molecule has 0 radical (unpaired) electrons. The molecular formula is C6H5F3N2O. The van der Waals surface area contributed by atoms with Crippen LogP contribution in [0.25, 0.3) is 0 Å². The predicted molar refractivity (Wildman–Crippen MR) is 35.3 cm³/mol. The summed E-state index contributed by atoms with van der Waals surface area (Å²) in [5.41, 5.74) is 4.90.